The maximum atomic E-state index is 11.9. The molecule has 0 spiro atoms. The first-order valence-corrected chi connectivity index (χ1v) is 9.46. The minimum absolute atomic E-state index is 0.118. The SMILES string of the molecule is NCCN(CCN)C(=O)NCCCCCCNC(=O)N(CCN)CCN. The molecule has 0 bridgehead atoms. The van der Waals surface area contributed by atoms with E-state index in [1.165, 1.54) is 0 Å². The van der Waals surface area contributed by atoms with Gasteiger partial charge in [-0.05, 0) is 12.8 Å². The Balaban J connectivity index is 3.71. The number of nitrogens with two attached hydrogens (primary N) is 4. The molecule has 0 fully saturated rings. The molecule has 4 amide bonds. The van der Waals surface area contributed by atoms with Crippen molar-refractivity contribution in [2.75, 3.05) is 65.4 Å². The molecule has 10 heteroatoms. The molecular formula is C16H38N8O2. The molecule has 10 N–H and O–H groups in total. The number of carbonyl (C=O) groups excluding carboxylic acids is 2. The Hall–Kier alpha value is -1.62. The lowest BCUT2D eigenvalue weighted by Gasteiger charge is -2.22. The van der Waals surface area contributed by atoms with Crippen molar-refractivity contribution in [2.24, 2.45) is 22.9 Å². The highest BCUT2D eigenvalue weighted by Crippen LogP contribution is 1.99. The van der Waals surface area contributed by atoms with E-state index in [1.54, 1.807) is 9.80 Å². The van der Waals surface area contributed by atoms with E-state index in [-0.39, 0.29) is 12.1 Å². The van der Waals surface area contributed by atoms with Crippen LogP contribution in [0.2, 0.25) is 0 Å². The van der Waals surface area contributed by atoms with Crippen molar-refractivity contribution in [1.29, 1.82) is 0 Å². The fourth-order valence-electron chi connectivity index (χ4n) is 2.47. The van der Waals surface area contributed by atoms with Crippen molar-refractivity contribution in [3.05, 3.63) is 0 Å². The number of nitrogens with one attached hydrogen (secondary N) is 2. The number of hydrogen-bond donors (Lipinski definition) is 6. The van der Waals surface area contributed by atoms with Crippen molar-refractivity contribution >= 4 is 12.1 Å². The van der Waals surface area contributed by atoms with Gasteiger partial charge in [-0.2, -0.15) is 0 Å². The topological polar surface area (TPSA) is 169 Å². The Morgan fingerprint density at radius 2 is 0.885 bits per heavy atom. The Morgan fingerprint density at radius 1 is 0.577 bits per heavy atom. The zero-order valence-corrected chi connectivity index (χ0v) is 15.9. The highest BCUT2D eigenvalue weighted by Gasteiger charge is 2.11. The van der Waals surface area contributed by atoms with Crippen molar-refractivity contribution in [2.45, 2.75) is 25.7 Å². The second kappa shape index (κ2) is 16.8. The smallest absolute Gasteiger partial charge is 0.317 e. The number of urea groups is 2. The molecule has 0 saturated heterocycles. The molecule has 0 aromatic carbocycles. The molecule has 0 aliphatic heterocycles. The molecule has 0 rings (SSSR count). The van der Waals surface area contributed by atoms with Crippen LogP contribution in [0.3, 0.4) is 0 Å². The highest BCUT2D eigenvalue weighted by molar-refractivity contribution is 5.74. The molecule has 0 aliphatic rings. The fraction of sp³-hybridized carbons (Fsp3) is 0.875. The molecule has 0 saturated carbocycles. The lowest BCUT2D eigenvalue weighted by atomic mass is 10.2. The van der Waals surface area contributed by atoms with Crippen molar-refractivity contribution in [3.63, 3.8) is 0 Å². The third-order valence-electron chi connectivity index (χ3n) is 3.83. The summed E-state index contributed by atoms with van der Waals surface area (Å²) < 4.78 is 0. The molecule has 10 nitrogen and oxygen atoms in total. The van der Waals surface area contributed by atoms with Crippen molar-refractivity contribution < 1.29 is 9.59 Å². The molecule has 0 unspecified atom stereocenters. The third kappa shape index (κ3) is 11.9. The van der Waals surface area contributed by atoms with Gasteiger partial charge in [0.05, 0.1) is 0 Å². The minimum atomic E-state index is -0.118. The number of hydrogen-bond acceptors (Lipinski definition) is 6. The predicted molar refractivity (Wildman–Crippen MR) is 105 cm³/mol. The lowest BCUT2D eigenvalue weighted by Crippen LogP contribution is -2.45. The first kappa shape index (κ1) is 24.4. The van der Waals surface area contributed by atoms with Gasteiger partial charge in [0.25, 0.3) is 0 Å². The molecule has 26 heavy (non-hydrogen) atoms. The average molecular weight is 375 g/mol. The van der Waals surface area contributed by atoms with Crippen LogP contribution in [0.5, 0.6) is 0 Å². The Labute approximate surface area is 157 Å². The molecular weight excluding hydrogens is 336 g/mol. The summed E-state index contributed by atoms with van der Waals surface area (Å²) in [7, 11) is 0. The third-order valence-corrected chi connectivity index (χ3v) is 3.83. The van der Waals surface area contributed by atoms with Crippen LogP contribution in [0, 0.1) is 0 Å². The van der Waals surface area contributed by atoms with Crippen LogP contribution in [0.4, 0.5) is 9.59 Å². The Bertz CT molecular complexity index is 324. The number of amides is 4. The normalized spacial score (nSPS) is 10.5. The number of carbonyl (C=O) groups is 2. The van der Waals surface area contributed by atoms with Gasteiger partial charge in [0.2, 0.25) is 0 Å². The van der Waals surface area contributed by atoms with Crippen molar-refractivity contribution in [3.8, 4) is 0 Å². The monoisotopic (exact) mass is 374 g/mol. The number of unbranched alkanes of at least 4 members (excludes halogenated alkanes) is 3. The average Bonchev–Trinajstić information content (AvgIpc) is 2.63. The van der Waals surface area contributed by atoms with Gasteiger partial charge in [0.1, 0.15) is 0 Å². The van der Waals surface area contributed by atoms with E-state index in [4.69, 9.17) is 22.9 Å². The molecule has 0 aromatic heterocycles. The second-order valence-electron chi connectivity index (χ2n) is 6.01. The Morgan fingerprint density at radius 3 is 1.15 bits per heavy atom. The molecule has 154 valence electrons. The molecule has 0 aromatic rings. The Kier molecular flexibility index (Phi) is 15.8. The summed E-state index contributed by atoms with van der Waals surface area (Å²) in [5, 5.41) is 5.76. The minimum Gasteiger partial charge on any atom is -0.338 e. The summed E-state index contributed by atoms with van der Waals surface area (Å²) >= 11 is 0. The maximum absolute atomic E-state index is 11.9. The maximum Gasteiger partial charge on any atom is 0.317 e. The van der Waals surface area contributed by atoms with Gasteiger partial charge < -0.3 is 43.4 Å². The van der Waals surface area contributed by atoms with Gasteiger partial charge in [-0.1, -0.05) is 12.8 Å². The summed E-state index contributed by atoms with van der Waals surface area (Å²) in [6.45, 7) is 4.97. The van der Waals surface area contributed by atoms with E-state index in [9.17, 15) is 9.59 Å². The van der Waals surface area contributed by atoms with Crippen LogP contribution in [0.1, 0.15) is 25.7 Å². The highest BCUT2D eigenvalue weighted by atomic mass is 16.2. The van der Waals surface area contributed by atoms with Crippen LogP contribution >= 0.6 is 0 Å². The van der Waals surface area contributed by atoms with Crippen LogP contribution in [-0.2, 0) is 0 Å². The largest absolute Gasteiger partial charge is 0.338 e. The van der Waals surface area contributed by atoms with E-state index in [1.807, 2.05) is 0 Å². The van der Waals surface area contributed by atoms with E-state index < -0.39 is 0 Å². The predicted octanol–water partition coefficient (Wildman–Crippen LogP) is -1.60. The van der Waals surface area contributed by atoms with E-state index in [2.05, 4.69) is 10.6 Å². The second-order valence-corrected chi connectivity index (χ2v) is 6.01. The lowest BCUT2D eigenvalue weighted by molar-refractivity contribution is 0.199. The van der Waals surface area contributed by atoms with Gasteiger partial charge >= 0.3 is 12.1 Å². The summed E-state index contributed by atoms with van der Waals surface area (Å²) in [6, 6.07) is -0.235. The van der Waals surface area contributed by atoms with Gasteiger partial charge in [-0.3, -0.25) is 0 Å². The van der Waals surface area contributed by atoms with Gasteiger partial charge in [0.15, 0.2) is 0 Å². The summed E-state index contributed by atoms with van der Waals surface area (Å²) in [6.07, 6.45) is 3.76. The molecule has 0 aliphatic carbocycles. The zero-order chi connectivity index (χ0) is 19.6. The summed E-state index contributed by atoms with van der Waals surface area (Å²) in [5.74, 6) is 0. The summed E-state index contributed by atoms with van der Waals surface area (Å²) in [4.78, 5) is 27.1. The van der Waals surface area contributed by atoms with Crippen LogP contribution in [-0.4, -0.2) is 87.3 Å². The standard InChI is InChI=1S/C16H38N8O2/c17-5-11-23(12-6-18)15(25)21-9-3-1-2-4-10-22-16(26)24(13-7-19)14-8-20/h1-14,17-20H2,(H,21,25)(H,22,26). The van der Waals surface area contributed by atoms with Gasteiger partial charge in [-0.25, -0.2) is 9.59 Å². The molecule has 0 atom stereocenters. The van der Waals surface area contributed by atoms with Crippen molar-refractivity contribution in [1.82, 2.24) is 20.4 Å². The van der Waals surface area contributed by atoms with Gasteiger partial charge in [-0.15, -0.1) is 0 Å². The van der Waals surface area contributed by atoms with Gasteiger partial charge in [0, 0.05) is 65.4 Å². The van der Waals surface area contributed by atoms with Crippen LogP contribution in [0.15, 0.2) is 0 Å². The van der Waals surface area contributed by atoms with Crippen LogP contribution in [0.25, 0.3) is 0 Å². The first-order chi connectivity index (χ1) is 12.6. The number of rotatable bonds is 15. The van der Waals surface area contributed by atoms with E-state index >= 15 is 0 Å². The van der Waals surface area contributed by atoms with E-state index in [0.717, 1.165) is 25.7 Å². The molecule has 0 heterocycles. The first-order valence-electron chi connectivity index (χ1n) is 9.46. The molecule has 0 radical (unpaired) electrons. The quantitative estimate of drug-likeness (QED) is 0.189. The van der Waals surface area contributed by atoms with E-state index in [0.29, 0.717) is 65.4 Å². The van der Waals surface area contributed by atoms with Crippen LogP contribution < -0.4 is 33.6 Å². The fourth-order valence-corrected chi connectivity index (χ4v) is 2.47. The zero-order valence-electron chi connectivity index (χ0n) is 15.9. The number of nitrogens with zero attached hydrogens (tertiary/aromatic N) is 2. The summed E-state index contributed by atoms with van der Waals surface area (Å²) in [5.41, 5.74) is 21.9.